The van der Waals surface area contributed by atoms with Crippen LogP contribution in [0.3, 0.4) is 0 Å². The summed E-state index contributed by atoms with van der Waals surface area (Å²) in [5.41, 5.74) is 3.68. The summed E-state index contributed by atoms with van der Waals surface area (Å²) in [5, 5.41) is 0. The van der Waals surface area contributed by atoms with Crippen molar-refractivity contribution in [3.8, 4) is 0 Å². The van der Waals surface area contributed by atoms with Crippen LogP contribution < -0.4 is 0 Å². The van der Waals surface area contributed by atoms with Crippen LogP contribution in [-0.2, 0) is 0 Å². The Labute approximate surface area is 589 Å². The van der Waals surface area contributed by atoms with Crippen molar-refractivity contribution in [1.82, 2.24) is 0 Å². The van der Waals surface area contributed by atoms with E-state index in [0.717, 1.165) is 95.7 Å². The lowest BCUT2D eigenvalue weighted by Gasteiger charge is -2.56. The van der Waals surface area contributed by atoms with Crippen molar-refractivity contribution in [1.29, 1.82) is 0 Å². The summed E-state index contributed by atoms with van der Waals surface area (Å²) in [6, 6.07) is 0. The third-order valence-corrected chi connectivity index (χ3v) is 24.4. The van der Waals surface area contributed by atoms with E-state index in [1.165, 1.54) is 161 Å². The molecule has 0 amide bonds. The Bertz CT molecular complexity index is 2010. The van der Waals surface area contributed by atoms with Gasteiger partial charge in [-0.15, -0.1) is 0 Å². The van der Waals surface area contributed by atoms with Gasteiger partial charge in [0.25, 0.3) is 0 Å². The molecule has 13 rings (SSSR count). The van der Waals surface area contributed by atoms with Crippen LogP contribution in [0.15, 0.2) is 0 Å². The SMILES string of the molecule is CC(C)(C)C.CC1CCC2(CC1)CCC(C)(C)CC2.CC1CCC2(CCCC2)CC1.CC1CCC2(CCCCC2)CC1.CCC12CC3CC(CC(C3)C1)C2.[2H]C([2H])(C)C(C)(C)C.[2H]C([2H])(C)C(C)C.[2H]C([2H])(C)C1CCCC1.[2H]C([2H])([2H])C(C)(C)C.[2H]C1(C)CCCC1.[2H]C1(C)CCCCC1. The molecule has 0 atom stereocenters. The highest BCUT2D eigenvalue weighted by atomic mass is 14.5. The minimum Gasteiger partial charge on any atom is -0.0651 e. The fourth-order valence-corrected chi connectivity index (χ4v) is 17.6. The Morgan fingerprint density at radius 2 is 0.667 bits per heavy atom. The van der Waals surface area contributed by atoms with Crippen molar-refractivity contribution in [3.63, 3.8) is 0 Å². The average Bonchev–Trinajstić information content (AvgIpc) is 1.14. The van der Waals surface area contributed by atoms with E-state index in [1.54, 1.807) is 131 Å². The first kappa shape index (κ1) is 68.5. The van der Waals surface area contributed by atoms with E-state index in [2.05, 4.69) is 69.2 Å². The first-order valence-electron chi connectivity index (χ1n) is 45.9. The highest BCUT2D eigenvalue weighted by molar-refractivity contribution is 5.01. The van der Waals surface area contributed by atoms with Gasteiger partial charge in [-0.25, -0.2) is 0 Å². The number of hydrogen-bond donors (Lipinski definition) is 0. The van der Waals surface area contributed by atoms with Crippen molar-refractivity contribution in [2.75, 3.05) is 0 Å². The van der Waals surface area contributed by atoms with Gasteiger partial charge < -0.3 is 0 Å². The van der Waals surface area contributed by atoms with Crippen LogP contribution in [0.1, 0.15) is 489 Å². The molecular formula is C90H178. The lowest BCUT2D eigenvalue weighted by atomic mass is 9.49. The van der Waals surface area contributed by atoms with Gasteiger partial charge in [0.05, 0.1) is 0 Å². The quantitative estimate of drug-likeness (QED) is 0.264. The summed E-state index contributed by atoms with van der Waals surface area (Å²) >= 11 is 0. The van der Waals surface area contributed by atoms with Crippen LogP contribution in [-0.4, -0.2) is 0 Å². The predicted molar refractivity (Wildman–Crippen MR) is 412 cm³/mol. The fourth-order valence-electron chi connectivity index (χ4n) is 17.6. The molecule has 0 saturated heterocycles. The topological polar surface area (TPSA) is 0 Å². The van der Waals surface area contributed by atoms with E-state index < -0.39 is 31.4 Å². The van der Waals surface area contributed by atoms with Crippen molar-refractivity contribution in [2.45, 2.75) is 474 Å². The van der Waals surface area contributed by atoms with Gasteiger partial charge >= 0.3 is 0 Å². The molecule has 13 saturated carbocycles. The minimum atomic E-state index is -1.81. The van der Waals surface area contributed by atoms with Gasteiger partial charge in [0, 0.05) is 15.1 Å². The molecular weight excluding hydrogens is 1080 g/mol. The first-order valence-corrected chi connectivity index (χ1v) is 40.4. The summed E-state index contributed by atoms with van der Waals surface area (Å²) in [6.45, 7) is 45.1. The first-order chi connectivity index (χ1) is 45.9. The van der Waals surface area contributed by atoms with Gasteiger partial charge in [0.2, 0.25) is 0 Å². The van der Waals surface area contributed by atoms with Gasteiger partial charge in [-0.1, -0.05) is 346 Å². The monoisotopic (exact) mass is 1270 g/mol. The maximum absolute atomic E-state index is 7.63. The molecule has 0 heteroatoms. The normalized spacial score (nSPS) is 31.7. The van der Waals surface area contributed by atoms with Crippen molar-refractivity contribution in [3.05, 3.63) is 0 Å². The van der Waals surface area contributed by atoms with Crippen LogP contribution in [0.5, 0.6) is 0 Å². The van der Waals surface area contributed by atoms with Crippen LogP contribution in [0.4, 0.5) is 0 Å². The van der Waals surface area contributed by atoms with E-state index in [1.807, 2.05) is 48.5 Å². The van der Waals surface area contributed by atoms with Crippen molar-refractivity contribution in [2.24, 2.45) is 102 Å². The smallest absolute Gasteiger partial charge is 0.0300 e. The Kier molecular flexibility index (Phi) is 33.1. The zero-order valence-electron chi connectivity index (χ0n) is 77.4. The van der Waals surface area contributed by atoms with Crippen molar-refractivity contribution < 1.29 is 15.1 Å². The summed E-state index contributed by atoms with van der Waals surface area (Å²) in [6.07, 6.45) is 61.8. The molecule has 0 aromatic heterocycles. The maximum atomic E-state index is 7.63. The molecule has 90 heavy (non-hydrogen) atoms. The molecule has 0 N–H and O–H groups in total. The molecule has 13 aliphatic carbocycles. The van der Waals surface area contributed by atoms with Crippen LogP contribution in [0.2, 0.25) is 0 Å². The van der Waals surface area contributed by atoms with Gasteiger partial charge in [-0.3, -0.25) is 0 Å². The van der Waals surface area contributed by atoms with E-state index in [9.17, 15) is 0 Å². The van der Waals surface area contributed by atoms with E-state index >= 15 is 0 Å². The Morgan fingerprint density at radius 1 is 0.400 bits per heavy atom. The molecule has 0 radical (unpaired) electrons. The van der Waals surface area contributed by atoms with Gasteiger partial charge in [-0.2, -0.15) is 0 Å². The Morgan fingerprint density at radius 3 is 0.900 bits per heavy atom. The van der Waals surface area contributed by atoms with E-state index in [0.29, 0.717) is 16.7 Å². The number of rotatable bonds is 3. The average molecular weight is 1270 g/mol. The predicted octanol–water partition coefficient (Wildman–Crippen LogP) is 32.3. The molecule has 0 aromatic carbocycles. The second-order valence-electron chi connectivity index (χ2n) is 38.9. The molecule has 0 unspecified atom stereocenters. The standard InChI is InChI=1S/C14H26.C12H20.C12H22.C11H20.2C7H14.C6H12.C6H14.3C5H12/c1-12-4-6-14(7-5-12)10-8-13(2,3)9-11-14;1-2-12-6-9-3-10(7-12)5-11(4-9)8-12;1-11-5-9-12(10-6-11)7-3-2-4-8-12;1-10-4-8-11(9-5-10)6-2-3-7-11;1-7-5-3-2-4-6-7;1-2-7-5-3-4-6-7;1-6-4-2-3-5-6;1-5-6(2,3)4;2*1-5(2,3)4;1-4-5(2)3/h12H,4-11H2,1-3H3;9-11H,2-8H2,1H3;11H,2-10H2,1H3;10H,2-9H2,1H3;2*7H,2-6H2,1H3;6H,2-5H2,1H3;5H2,1-4H3;2*1-4H3;5H,4H2,1-3H3/i;;;;7D;2D2;6D;5D2;1D3;;4D2. The third kappa shape index (κ3) is 40.7. The largest absolute Gasteiger partial charge is 0.0651 e. The Balaban J connectivity index is 0.000000382. The minimum absolute atomic E-state index is 0.0556. The van der Waals surface area contributed by atoms with Gasteiger partial charge in [0.1, 0.15) is 0 Å². The van der Waals surface area contributed by atoms with Crippen LogP contribution >= 0.6 is 0 Å². The molecule has 0 nitrogen and oxygen atoms in total. The summed E-state index contributed by atoms with van der Waals surface area (Å²) in [4.78, 5) is 0. The fraction of sp³-hybridized carbons (Fsp3) is 1.00. The zero-order chi connectivity index (χ0) is 77.4. The molecule has 3 spiro atoms. The highest BCUT2D eigenvalue weighted by Crippen LogP contribution is 2.61. The molecule has 13 fully saturated rings. The summed E-state index contributed by atoms with van der Waals surface area (Å²) < 4.78 is 79.3. The number of hydrogen-bond acceptors (Lipinski definition) is 0. The third-order valence-electron chi connectivity index (χ3n) is 24.4. The molecule has 0 heterocycles. The van der Waals surface area contributed by atoms with E-state index in [4.69, 9.17) is 15.1 Å². The molecule has 538 valence electrons. The Hall–Kier alpha value is 0. The molecule has 0 aliphatic heterocycles. The van der Waals surface area contributed by atoms with Crippen molar-refractivity contribution >= 4 is 0 Å². The summed E-state index contributed by atoms with van der Waals surface area (Å²) in [5.74, 6) is 6.86. The molecule has 0 aromatic rings. The van der Waals surface area contributed by atoms with Crippen LogP contribution in [0.25, 0.3) is 0 Å². The van der Waals surface area contributed by atoms with E-state index in [-0.39, 0.29) is 23.1 Å². The summed E-state index contributed by atoms with van der Waals surface area (Å²) in [7, 11) is 0. The maximum Gasteiger partial charge on any atom is 0.0300 e. The second kappa shape index (κ2) is 43.4. The van der Waals surface area contributed by atoms with Gasteiger partial charge in [0.15, 0.2) is 0 Å². The molecule has 13 aliphatic rings. The lowest BCUT2D eigenvalue weighted by molar-refractivity contribution is -0.0545. The highest BCUT2D eigenvalue weighted by Gasteiger charge is 2.50. The second-order valence-corrected chi connectivity index (χ2v) is 38.9. The lowest BCUT2D eigenvalue weighted by Crippen LogP contribution is -2.45. The molecule has 4 bridgehead atoms. The van der Waals surface area contributed by atoms with Crippen LogP contribution in [0, 0.1) is 102 Å². The van der Waals surface area contributed by atoms with Gasteiger partial charge in [-0.05, 0) is 231 Å². The zero-order valence-corrected chi connectivity index (χ0v) is 66.4.